The number of hydrogen-bond acceptors (Lipinski definition) is 7. The molecule has 0 spiro atoms. The normalized spacial score (nSPS) is 13.6. The van der Waals surface area contributed by atoms with Gasteiger partial charge in [0.2, 0.25) is 0 Å². The van der Waals surface area contributed by atoms with Crippen LogP contribution < -0.4 is 0 Å². The molecule has 0 heterocycles. The lowest BCUT2D eigenvalue weighted by Gasteiger charge is -2.24. The number of nitrogens with zero attached hydrogens (tertiary/aromatic N) is 1. The van der Waals surface area contributed by atoms with Crippen LogP contribution in [-0.2, 0) is 32.7 Å². The molecule has 86 heavy (non-hydrogen) atoms. The number of hydrogen-bond donors (Lipinski definition) is 1. The first kappa shape index (κ1) is 83.2. The minimum Gasteiger partial charge on any atom is -0.462 e. The van der Waals surface area contributed by atoms with Gasteiger partial charge >= 0.3 is 19.8 Å². The molecule has 0 saturated heterocycles. The maximum atomic E-state index is 12.9. The third kappa shape index (κ3) is 70.3. The summed E-state index contributed by atoms with van der Waals surface area (Å²) < 4.78 is 34.7. The van der Waals surface area contributed by atoms with E-state index < -0.39 is 26.5 Å². The van der Waals surface area contributed by atoms with E-state index in [0.717, 1.165) is 77.0 Å². The summed E-state index contributed by atoms with van der Waals surface area (Å²) in [4.78, 5) is 35.9. The molecule has 0 aliphatic carbocycles. The number of carbonyl (C=O) groups is 2. The van der Waals surface area contributed by atoms with Gasteiger partial charge in [-0.05, 0) is 89.9 Å². The Balaban J connectivity index is 3.97. The molecule has 0 aromatic heterocycles. The summed E-state index contributed by atoms with van der Waals surface area (Å²) in [5.41, 5.74) is 0. The fourth-order valence-corrected chi connectivity index (χ4v) is 11.1. The van der Waals surface area contributed by atoms with Crippen molar-refractivity contribution in [3.8, 4) is 0 Å². The first-order chi connectivity index (χ1) is 42.0. The molecule has 0 aliphatic heterocycles. The van der Waals surface area contributed by atoms with Gasteiger partial charge in [-0.1, -0.05) is 317 Å². The first-order valence-electron chi connectivity index (χ1n) is 36.3. The lowest BCUT2D eigenvalue weighted by Crippen LogP contribution is -2.37. The Bertz CT molecular complexity index is 1730. The third-order valence-electron chi connectivity index (χ3n) is 15.9. The van der Waals surface area contributed by atoms with Crippen LogP contribution in [0.5, 0.6) is 0 Å². The fourth-order valence-electron chi connectivity index (χ4n) is 10.4. The number of phosphoric ester groups is 1. The SMILES string of the molecule is CC/C=C\C/C=C\C/C=C\C/C=C\CCCCCCCCCCCCCCC(=O)OC(COC(=O)CCCCCCCCCCCCCCCCCCCCCCCC/C=C\C/C=C\C/C=C\CCCCCCC)COP(=O)(O)OCC[N+](C)(C)C. The molecule has 0 fully saturated rings. The highest BCUT2D eigenvalue weighted by molar-refractivity contribution is 7.47. The van der Waals surface area contributed by atoms with Crippen molar-refractivity contribution in [2.45, 2.75) is 341 Å². The second-order valence-electron chi connectivity index (χ2n) is 25.6. The number of unbranched alkanes of at least 4 members (excludes halogenated alkanes) is 39. The molecular weight excluding hydrogens is 1090 g/mol. The van der Waals surface area contributed by atoms with Crippen LogP contribution in [0.15, 0.2) is 85.1 Å². The van der Waals surface area contributed by atoms with Gasteiger partial charge < -0.3 is 18.9 Å². The highest BCUT2D eigenvalue weighted by Crippen LogP contribution is 2.43. The molecule has 10 heteroatoms. The van der Waals surface area contributed by atoms with Crippen molar-refractivity contribution in [1.29, 1.82) is 0 Å². The van der Waals surface area contributed by atoms with Crippen LogP contribution in [0.1, 0.15) is 335 Å². The van der Waals surface area contributed by atoms with Gasteiger partial charge in [-0.2, -0.15) is 0 Å². The maximum Gasteiger partial charge on any atom is 0.472 e. The van der Waals surface area contributed by atoms with Crippen molar-refractivity contribution in [3.63, 3.8) is 0 Å². The summed E-state index contributed by atoms with van der Waals surface area (Å²) in [7, 11) is 1.48. The van der Waals surface area contributed by atoms with E-state index in [1.54, 1.807) is 0 Å². The summed E-state index contributed by atoms with van der Waals surface area (Å²) in [6, 6.07) is 0. The van der Waals surface area contributed by atoms with Gasteiger partial charge in [0.05, 0.1) is 27.7 Å². The molecule has 0 rings (SSSR count). The fraction of sp³-hybridized carbons (Fsp3) is 0.789. The molecule has 2 unspecified atom stereocenters. The molecule has 0 bridgehead atoms. The van der Waals surface area contributed by atoms with Gasteiger partial charge in [0.1, 0.15) is 19.8 Å². The molecule has 0 saturated carbocycles. The smallest absolute Gasteiger partial charge is 0.462 e. The largest absolute Gasteiger partial charge is 0.472 e. The summed E-state index contributed by atoms with van der Waals surface area (Å²) in [6.45, 7) is 4.35. The Hall–Kier alpha value is -2.81. The summed E-state index contributed by atoms with van der Waals surface area (Å²) in [5, 5.41) is 0. The minimum atomic E-state index is -4.39. The van der Waals surface area contributed by atoms with Gasteiger partial charge in [0.15, 0.2) is 6.10 Å². The van der Waals surface area contributed by atoms with Crippen LogP contribution in [0.3, 0.4) is 0 Å². The van der Waals surface area contributed by atoms with E-state index in [2.05, 4.69) is 98.9 Å². The quantitative estimate of drug-likeness (QED) is 0.0211. The molecule has 0 aromatic carbocycles. The molecule has 500 valence electrons. The molecular formula is C76H139NO8P+. The number of likely N-dealkylation sites (N-methyl/N-ethyl adjacent to an activating group) is 1. The van der Waals surface area contributed by atoms with Crippen LogP contribution in [-0.4, -0.2) is 74.9 Å². The van der Waals surface area contributed by atoms with Gasteiger partial charge in [-0.25, -0.2) is 4.57 Å². The highest BCUT2D eigenvalue weighted by Gasteiger charge is 2.27. The van der Waals surface area contributed by atoms with Crippen molar-refractivity contribution < 1.29 is 42.1 Å². The van der Waals surface area contributed by atoms with E-state index >= 15 is 0 Å². The number of carbonyl (C=O) groups excluding carboxylic acids is 2. The molecule has 0 aliphatic rings. The number of phosphoric acid groups is 1. The van der Waals surface area contributed by atoms with Crippen molar-refractivity contribution in [3.05, 3.63) is 85.1 Å². The number of allylic oxidation sites excluding steroid dienone is 14. The zero-order chi connectivity index (χ0) is 62.6. The van der Waals surface area contributed by atoms with Crippen molar-refractivity contribution in [2.75, 3.05) is 47.5 Å². The van der Waals surface area contributed by atoms with Crippen LogP contribution in [0.25, 0.3) is 0 Å². The summed E-state index contributed by atoms with van der Waals surface area (Å²) in [5.74, 6) is -0.788. The topological polar surface area (TPSA) is 108 Å². The van der Waals surface area contributed by atoms with Gasteiger partial charge in [0, 0.05) is 12.8 Å². The van der Waals surface area contributed by atoms with E-state index in [-0.39, 0.29) is 32.0 Å². The average molecular weight is 1230 g/mol. The zero-order valence-corrected chi connectivity index (χ0v) is 57.9. The molecule has 9 nitrogen and oxygen atoms in total. The first-order valence-corrected chi connectivity index (χ1v) is 37.8. The Morgan fingerprint density at radius 1 is 0.372 bits per heavy atom. The lowest BCUT2D eigenvalue weighted by molar-refractivity contribution is -0.870. The van der Waals surface area contributed by atoms with E-state index in [0.29, 0.717) is 17.4 Å². The predicted octanol–water partition coefficient (Wildman–Crippen LogP) is 23.7. The molecule has 0 amide bonds. The zero-order valence-electron chi connectivity index (χ0n) is 57.0. The maximum absolute atomic E-state index is 12.9. The van der Waals surface area contributed by atoms with Crippen LogP contribution in [0.4, 0.5) is 0 Å². The Morgan fingerprint density at radius 2 is 0.663 bits per heavy atom. The second-order valence-corrected chi connectivity index (χ2v) is 27.0. The van der Waals surface area contributed by atoms with E-state index in [1.165, 1.54) is 225 Å². The number of rotatable bonds is 67. The summed E-state index contributed by atoms with van der Waals surface area (Å²) in [6.07, 6.45) is 91.3. The van der Waals surface area contributed by atoms with Crippen molar-refractivity contribution in [1.82, 2.24) is 0 Å². The predicted molar refractivity (Wildman–Crippen MR) is 372 cm³/mol. The standard InChI is InChI=1S/C76H138NO8P/c1-6-8-10-12-14-16-18-20-22-24-26-28-30-32-33-34-35-36-37-38-39-40-41-42-43-45-46-48-50-52-54-56-58-60-62-64-66-68-75(78)82-72-74(73-84-86(80,81)83-71-70-77(3,4)5)85-76(79)69-67-65-63-61-59-57-55-53-51-49-47-44-31-29-27-25-23-21-19-17-15-13-11-9-7-2/h9,11,15,17-18,20-21,23-24,26-27,29-30,32,74H,6-8,10,12-14,16,19,22,25,28,31,33-73H2,1-5H3/p+1/b11-9-,17-15-,20-18-,23-21-,26-24-,29-27-,32-30-. The molecule has 0 aromatic rings. The van der Waals surface area contributed by atoms with Gasteiger partial charge in [-0.3, -0.25) is 18.6 Å². The van der Waals surface area contributed by atoms with Crippen LogP contribution in [0.2, 0.25) is 0 Å². The van der Waals surface area contributed by atoms with Crippen LogP contribution >= 0.6 is 7.82 Å². The molecule has 2 atom stereocenters. The molecule has 1 N–H and O–H groups in total. The Labute approximate surface area is 532 Å². The number of ether oxygens (including phenoxy) is 2. The highest BCUT2D eigenvalue weighted by atomic mass is 31.2. The van der Waals surface area contributed by atoms with E-state index in [1.807, 2.05) is 21.1 Å². The van der Waals surface area contributed by atoms with Crippen LogP contribution in [0, 0.1) is 0 Å². The number of quaternary nitrogens is 1. The summed E-state index contributed by atoms with van der Waals surface area (Å²) >= 11 is 0. The monoisotopic (exact) mass is 1230 g/mol. The average Bonchev–Trinajstić information content (AvgIpc) is 3.70. The van der Waals surface area contributed by atoms with E-state index in [4.69, 9.17) is 18.5 Å². The van der Waals surface area contributed by atoms with E-state index in [9.17, 15) is 19.0 Å². The Morgan fingerprint density at radius 3 is 0.988 bits per heavy atom. The number of esters is 2. The Kier molecular flexibility index (Phi) is 64.4. The molecule has 0 radical (unpaired) electrons. The minimum absolute atomic E-state index is 0.0303. The van der Waals surface area contributed by atoms with Crippen molar-refractivity contribution in [2.24, 2.45) is 0 Å². The third-order valence-corrected chi connectivity index (χ3v) is 16.9. The van der Waals surface area contributed by atoms with Crippen molar-refractivity contribution >= 4 is 19.8 Å². The van der Waals surface area contributed by atoms with Gasteiger partial charge in [-0.15, -0.1) is 0 Å². The second kappa shape index (κ2) is 66.6. The van der Waals surface area contributed by atoms with Gasteiger partial charge in [0.25, 0.3) is 0 Å². The lowest BCUT2D eigenvalue weighted by atomic mass is 10.0.